The lowest BCUT2D eigenvalue weighted by Gasteiger charge is -2.28. The summed E-state index contributed by atoms with van der Waals surface area (Å²) in [6.07, 6.45) is 0. The van der Waals surface area contributed by atoms with Gasteiger partial charge in [-0.2, -0.15) is 5.26 Å². The second-order valence-corrected chi connectivity index (χ2v) is 6.52. The van der Waals surface area contributed by atoms with Crippen LogP contribution in [0.5, 0.6) is 0 Å². The second-order valence-electron chi connectivity index (χ2n) is 6.52. The molecule has 29 heavy (non-hydrogen) atoms. The van der Waals surface area contributed by atoms with Crippen molar-refractivity contribution in [1.29, 1.82) is 5.26 Å². The molecule has 3 N–H and O–H groups in total. The number of esters is 1. The van der Waals surface area contributed by atoms with Gasteiger partial charge in [-0.25, -0.2) is 4.79 Å². The largest absolute Gasteiger partial charge is 0.463 e. The minimum absolute atomic E-state index is 0.0340. The number of hydrogen-bond acceptors (Lipinski definition) is 6. The molecule has 0 amide bonds. The molecule has 2 aromatic carbocycles. The van der Waals surface area contributed by atoms with E-state index in [-0.39, 0.29) is 30.2 Å². The van der Waals surface area contributed by atoms with E-state index in [1.165, 1.54) is 0 Å². The highest BCUT2D eigenvalue weighted by atomic mass is 16.5. The molecule has 0 fully saturated rings. The van der Waals surface area contributed by atoms with E-state index in [0.29, 0.717) is 11.3 Å². The summed E-state index contributed by atoms with van der Waals surface area (Å²) in [7, 11) is 0. The van der Waals surface area contributed by atoms with Crippen LogP contribution in [0.1, 0.15) is 30.9 Å². The predicted molar refractivity (Wildman–Crippen MR) is 108 cm³/mol. The summed E-state index contributed by atoms with van der Waals surface area (Å²) in [6.45, 7) is 3.40. The Morgan fingerprint density at radius 1 is 1.21 bits per heavy atom. The topological polar surface area (TPSA) is 106 Å². The lowest BCUT2D eigenvalue weighted by molar-refractivity contribution is -0.139. The molecule has 0 saturated carbocycles. The fourth-order valence-electron chi connectivity index (χ4n) is 3.58. The number of hydrogen-bond donors (Lipinski definition) is 2. The van der Waals surface area contributed by atoms with Gasteiger partial charge in [0.2, 0.25) is 5.88 Å². The Balaban J connectivity index is 2.28. The highest BCUT2D eigenvalue weighted by Crippen LogP contribution is 2.43. The lowest BCUT2D eigenvalue weighted by atomic mass is 9.79. The van der Waals surface area contributed by atoms with E-state index in [2.05, 4.69) is 6.07 Å². The first kappa shape index (κ1) is 20.2. The zero-order chi connectivity index (χ0) is 21.0. The van der Waals surface area contributed by atoms with Crippen molar-refractivity contribution in [2.45, 2.75) is 26.4 Å². The van der Waals surface area contributed by atoms with Gasteiger partial charge in [-0.1, -0.05) is 48.5 Å². The maximum Gasteiger partial charge on any atom is 0.338 e. The van der Waals surface area contributed by atoms with Gasteiger partial charge in [0.25, 0.3) is 0 Å². The molecule has 0 spiro atoms. The fourth-order valence-corrected chi connectivity index (χ4v) is 3.58. The number of aliphatic hydroxyl groups is 1. The van der Waals surface area contributed by atoms with Crippen LogP contribution in [0.25, 0.3) is 11.1 Å². The Labute approximate surface area is 169 Å². The number of aliphatic hydroxyl groups excluding tert-OH is 1. The summed E-state index contributed by atoms with van der Waals surface area (Å²) < 4.78 is 10.7. The molecule has 0 radical (unpaired) electrons. The Morgan fingerprint density at radius 3 is 2.52 bits per heavy atom. The number of carbonyl (C=O) groups excluding carboxylic acids is 1. The van der Waals surface area contributed by atoms with Gasteiger partial charge in [0, 0.05) is 0 Å². The number of allylic oxidation sites excluding steroid dienone is 2. The first-order chi connectivity index (χ1) is 14.0. The van der Waals surface area contributed by atoms with Gasteiger partial charge in [-0.05, 0) is 36.1 Å². The lowest BCUT2D eigenvalue weighted by Crippen LogP contribution is -2.26. The first-order valence-electron chi connectivity index (χ1n) is 9.27. The number of benzene rings is 2. The van der Waals surface area contributed by atoms with Crippen LogP contribution in [0.3, 0.4) is 0 Å². The van der Waals surface area contributed by atoms with Crippen LogP contribution < -0.4 is 5.73 Å². The van der Waals surface area contributed by atoms with Crippen molar-refractivity contribution in [2.24, 2.45) is 5.73 Å². The van der Waals surface area contributed by atoms with Crippen LogP contribution in [-0.4, -0.2) is 17.7 Å². The molecule has 148 valence electrons. The summed E-state index contributed by atoms with van der Waals surface area (Å²) in [5, 5.41) is 19.6. The number of rotatable bonds is 5. The van der Waals surface area contributed by atoms with Crippen molar-refractivity contribution < 1.29 is 19.4 Å². The van der Waals surface area contributed by atoms with Crippen LogP contribution >= 0.6 is 0 Å². The summed E-state index contributed by atoms with van der Waals surface area (Å²) in [5.41, 5.74) is 9.43. The predicted octanol–water partition coefficient (Wildman–Crippen LogP) is 3.49. The molecular formula is C23H22N2O4. The molecular weight excluding hydrogens is 368 g/mol. The molecule has 0 saturated heterocycles. The Bertz CT molecular complexity index is 1050. The van der Waals surface area contributed by atoms with Crippen molar-refractivity contribution in [1.82, 2.24) is 0 Å². The van der Waals surface area contributed by atoms with Gasteiger partial charge in [0.1, 0.15) is 17.4 Å². The highest BCUT2D eigenvalue weighted by Gasteiger charge is 2.37. The fraction of sp³-hybridized carbons (Fsp3) is 0.217. The average molecular weight is 390 g/mol. The molecule has 3 rings (SSSR count). The summed E-state index contributed by atoms with van der Waals surface area (Å²) in [5.74, 6) is -1.03. The van der Waals surface area contributed by atoms with Crippen LogP contribution in [0.4, 0.5) is 0 Å². The van der Waals surface area contributed by atoms with Crippen LogP contribution in [-0.2, 0) is 20.9 Å². The smallest absolute Gasteiger partial charge is 0.338 e. The third kappa shape index (κ3) is 3.73. The van der Waals surface area contributed by atoms with E-state index in [4.69, 9.17) is 15.2 Å². The molecule has 1 unspecified atom stereocenters. The molecule has 6 nitrogen and oxygen atoms in total. The van der Waals surface area contributed by atoms with Crippen molar-refractivity contribution >= 4 is 5.97 Å². The quantitative estimate of drug-likeness (QED) is 0.757. The SMILES string of the molecule is CCOC(=O)C1=C(C)OC(N)=C(C#N)C1c1ccccc1-c1ccccc1CO. The third-order valence-corrected chi connectivity index (χ3v) is 4.85. The normalized spacial score (nSPS) is 16.3. The Hall–Kier alpha value is -3.56. The zero-order valence-corrected chi connectivity index (χ0v) is 16.3. The van der Waals surface area contributed by atoms with Gasteiger partial charge < -0.3 is 20.3 Å². The van der Waals surface area contributed by atoms with Gasteiger partial charge in [-0.3, -0.25) is 0 Å². The van der Waals surface area contributed by atoms with Crippen molar-refractivity contribution in [3.8, 4) is 17.2 Å². The molecule has 2 aromatic rings. The molecule has 0 bridgehead atoms. The molecule has 0 aliphatic carbocycles. The van der Waals surface area contributed by atoms with E-state index in [1.807, 2.05) is 48.5 Å². The first-order valence-corrected chi connectivity index (χ1v) is 9.27. The Morgan fingerprint density at radius 2 is 1.86 bits per heavy atom. The van der Waals surface area contributed by atoms with Crippen LogP contribution in [0.15, 0.2) is 71.3 Å². The zero-order valence-electron chi connectivity index (χ0n) is 16.3. The van der Waals surface area contributed by atoms with Gasteiger partial charge in [-0.15, -0.1) is 0 Å². The maximum atomic E-state index is 12.8. The van der Waals surface area contributed by atoms with Crippen molar-refractivity contribution in [3.05, 3.63) is 82.4 Å². The van der Waals surface area contributed by atoms with Gasteiger partial charge in [0.05, 0.1) is 24.7 Å². The van der Waals surface area contributed by atoms with Crippen LogP contribution in [0.2, 0.25) is 0 Å². The van der Waals surface area contributed by atoms with E-state index >= 15 is 0 Å². The number of nitriles is 1. The van der Waals surface area contributed by atoms with E-state index in [0.717, 1.165) is 16.7 Å². The molecule has 6 heteroatoms. The minimum atomic E-state index is -0.740. The maximum absolute atomic E-state index is 12.8. The molecule has 1 aliphatic heterocycles. The monoisotopic (exact) mass is 390 g/mol. The minimum Gasteiger partial charge on any atom is -0.463 e. The highest BCUT2D eigenvalue weighted by molar-refractivity contribution is 5.93. The number of nitrogens with two attached hydrogens (primary N) is 1. The second kappa shape index (κ2) is 8.63. The van der Waals surface area contributed by atoms with Crippen molar-refractivity contribution in [2.75, 3.05) is 6.61 Å². The number of carbonyl (C=O) groups is 1. The standard InChI is InChI=1S/C23H22N2O4/c1-3-28-23(27)20-14(2)29-22(25)19(12-24)21(20)18-11-7-6-10-17(18)16-9-5-4-8-15(16)13-26/h4-11,21,26H,3,13,25H2,1-2H3. The van der Waals surface area contributed by atoms with E-state index < -0.39 is 11.9 Å². The van der Waals surface area contributed by atoms with Crippen LogP contribution in [0, 0.1) is 11.3 Å². The number of nitrogens with zero attached hydrogens (tertiary/aromatic N) is 1. The molecule has 1 aliphatic rings. The summed E-state index contributed by atoms with van der Waals surface area (Å²) in [4.78, 5) is 12.8. The van der Waals surface area contributed by atoms with Gasteiger partial charge >= 0.3 is 5.97 Å². The van der Waals surface area contributed by atoms with Gasteiger partial charge in [0.15, 0.2) is 0 Å². The number of ether oxygens (including phenoxy) is 2. The summed E-state index contributed by atoms with van der Waals surface area (Å²) in [6, 6.07) is 17.0. The Kier molecular flexibility index (Phi) is 6.01. The van der Waals surface area contributed by atoms with E-state index in [1.54, 1.807) is 13.8 Å². The molecule has 1 heterocycles. The third-order valence-electron chi connectivity index (χ3n) is 4.85. The molecule has 1 atom stereocenters. The average Bonchev–Trinajstić information content (AvgIpc) is 2.73. The van der Waals surface area contributed by atoms with E-state index in [9.17, 15) is 15.2 Å². The summed E-state index contributed by atoms with van der Waals surface area (Å²) >= 11 is 0. The van der Waals surface area contributed by atoms with Crippen molar-refractivity contribution in [3.63, 3.8) is 0 Å². The molecule has 0 aromatic heterocycles.